The van der Waals surface area contributed by atoms with Crippen LogP contribution < -0.4 is 10.0 Å². The summed E-state index contributed by atoms with van der Waals surface area (Å²) in [6, 6.07) is 9.58. The standard InChI is InChI=1S/C16H14ClFN2O3S/c17-11-2-1-3-13(9-11)19-16(21)10-4-7-14(18)15(8-10)24(22,23)20-12-5-6-12/h1-4,7-9,12,20H,5-6H2,(H,19,21). The second-order valence-electron chi connectivity index (χ2n) is 5.51. The van der Waals surface area contributed by atoms with Crippen molar-refractivity contribution in [3.63, 3.8) is 0 Å². The van der Waals surface area contributed by atoms with Gasteiger partial charge in [-0.2, -0.15) is 0 Å². The van der Waals surface area contributed by atoms with Gasteiger partial charge in [-0.15, -0.1) is 0 Å². The van der Waals surface area contributed by atoms with Crippen LogP contribution in [0.25, 0.3) is 0 Å². The first-order valence-corrected chi connectivity index (χ1v) is 9.10. The Morgan fingerprint density at radius 2 is 1.92 bits per heavy atom. The van der Waals surface area contributed by atoms with Gasteiger partial charge in [0, 0.05) is 22.3 Å². The SMILES string of the molecule is O=C(Nc1cccc(Cl)c1)c1ccc(F)c(S(=O)(=O)NC2CC2)c1. The molecule has 2 aromatic carbocycles. The van der Waals surface area contributed by atoms with Gasteiger partial charge in [-0.05, 0) is 49.2 Å². The number of sulfonamides is 1. The van der Waals surface area contributed by atoms with Gasteiger partial charge in [0.2, 0.25) is 10.0 Å². The van der Waals surface area contributed by atoms with Gasteiger partial charge in [-0.25, -0.2) is 17.5 Å². The van der Waals surface area contributed by atoms with E-state index in [0.29, 0.717) is 10.7 Å². The van der Waals surface area contributed by atoms with Crippen molar-refractivity contribution in [3.8, 4) is 0 Å². The summed E-state index contributed by atoms with van der Waals surface area (Å²) in [4.78, 5) is 11.7. The Morgan fingerprint density at radius 1 is 1.17 bits per heavy atom. The molecular formula is C16H14ClFN2O3S. The highest BCUT2D eigenvalue weighted by Gasteiger charge is 2.30. The fourth-order valence-corrected chi connectivity index (χ4v) is 3.70. The monoisotopic (exact) mass is 368 g/mol. The molecule has 126 valence electrons. The molecule has 24 heavy (non-hydrogen) atoms. The maximum atomic E-state index is 13.9. The lowest BCUT2D eigenvalue weighted by Gasteiger charge is -2.10. The molecule has 1 aliphatic carbocycles. The van der Waals surface area contributed by atoms with Crippen LogP contribution >= 0.6 is 11.6 Å². The van der Waals surface area contributed by atoms with Crippen LogP contribution in [0.2, 0.25) is 5.02 Å². The van der Waals surface area contributed by atoms with Crippen molar-refractivity contribution in [1.82, 2.24) is 4.72 Å². The zero-order valence-electron chi connectivity index (χ0n) is 12.4. The molecule has 5 nitrogen and oxygen atoms in total. The van der Waals surface area contributed by atoms with E-state index in [1.165, 1.54) is 6.07 Å². The summed E-state index contributed by atoms with van der Waals surface area (Å²) in [6.45, 7) is 0. The summed E-state index contributed by atoms with van der Waals surface area (Å²) in [6.07, 6.45) is 1.46. The lowest BCUT2D eigenvalue weighted by atomic mass is 10.2. The van der Waals surface area contributed by atoms with E-state index < -0.39 is 26.6 Å². The number of nitrogens with one attached hydrogen (secondary N) is 2. The Hall–Kier alpha value is -1.96. The van der Waals surface area contributed by atoms with Crippen LogP contribution in [0.1, 0.15) is 23.2 Å². The third kappa shape index (κ3) is 3.92. The zero-order chi connectivity index (χ0) is 17.3. The van der Waals surface area contributed by atoms with E-state index in [1.807, 2.05) is 0 Å². The van der Waals surface area contributed by atoms with E-state index in [9.17, 15) is 17.6 Å². The predicted octanol–water partition coefficient (Wildman–Crippen LogP) is 3.17. The van der Waals surface area contributed by atoms with Crippen LogP contribution in [0.5, 0.6) is 0 Å². The molecule has 0 radical (unpaired) electrons. The second-order valence-corrected chi connectivity index (χ2v) is 7.62. The van der Waals surface area contributed by atoms with Gasteiger partial charge in [0.15, 0.2) is 0 Å². The second kappa shape index (κ2) is 6.51. The Morgan fingerprint density at radius 3 is 2.58 bits per heavy atom. The smallest absolute Gasteiger partial charge is 0.255 e. The van der Waals surface area contributed by atoms with Crippen molar-refractivity contribution in [2.45, 2.75) is 23.8 Å². The van der Waals surface area contributed by atoms with E-state index >= 15 is 0 Å². The van der Waals surface area contributed by atoms with Crippen LogP contribution in [-0.4, -0.2) is 20.4 Å². The lowest BCUT2D eigenvalue weighted by molar-refractivity contribution is 0.102. The summed E-state index contributed by atoms with van der Waals surface area (Å²) < 4.78 is 40.7. The van der Waals surface area contributed by atoms with Crippen molar-refractivity contribution in [2.24, 2.45) is 0 Å². The minimum atomic E-state index is -3.99. The fraction of sp³-hybridized carbons (Fsp3) is 0.188. The molecule has 0 bridgehead atoms. The van der Waals surface area contributed by atoms with E-state index in [2.05, 4.69) is 10.0 Å². The number of amides is 1. The predicted molar refractivity (Wildman–Crippen MR) is 89.1 cm³/mol. The van der Waals surface area contributed by atoms with Gasteiger partial charge >= 0.3 is 0 Å². The average Bonchev–Trinajstić information content (AvgIpc) is 3.30. The fourth-order valence-electron chi connectivity index (χ4n) is 2.10. The molecular weight excluding hydrogens is 355 g/mol. The largest absolute Gasteiger partial charge is 0.322 e. The van der Waals surface area contributed by atoms with Gasteiger partial charge < -0.3 is 5.32 Å². The molecule has 0 heterocycles. The molecule has 0 saturated heterocycles. The molecule has 1 amide bonds. The van der Waals surface area contributed by atoms with Crippen molar-refractivity contribution >= 4 is 33.2 Å². The van der Waals surface area contributed by atoms with Crippen molar-refractivity contribution in [2.75, 3.05) is 5.32 Å². The highest BCUT2D eigenvalue weighted by molar-refractivity contribution is 7.89. The first-order chi connectivity index (χ1) is 11.3. The molecule has 3 rings (SSSR count). The Kier molecular flexibility index (Phi) is 4.58. The van der Waals surface area contributed by atoms with Gasteiger partial charge in [0.25, 0.3) is 5.91 Å². The van der Waals surface area contributed by atoms with E-state index in [-0.39, 0.29) is 11.6 Å². The molecule has 0 unspecified atom stereocenters. The molecule has 1 saturated carbocycles. The molecule has 0 aromatic heterocycles. The number of halogens is 2. The summed E-state index contributed by atoms with van der Waals surface area (Å²) in [5.41, 5.74) is 0.491. The number of hydrogen-bond acceptors (Lipinski definition) is 3. The Balaban J connectivity index is 1.86. The third-order valence-corrected chi connectivity index (χ3v) is 5.24. The van der Waals surface area contributed by atoms with Gasteiger partial charge in [-0.3, -0.25) is 4.79 Å². The van der Waals surface area contributed by atoms with Crippen molar-refractivity contribution < 1.29 is 17.6 Å². The Labute approximate surface area is 143 Å². The summed E-state index contributed by atoms with van der Waals surface area (Å²) >= 11 is 5.85. The molecule has 2 aromatic rings. The summed E-state index contributed by atoms with van der Waals surface area (Å²) in [5, 5.41) is 3.04. The maximum Gasteiger partial charge on any atom is 0.255 e. The van der Waals surface area contributed by atoms with Crippen LogP contribution in [0.4, 0.5) is 10.1 Å². The molecule has 8 heteroatoms. The highest BCUT2D eigenvalue weighted by Crippen LogP contribution is 2.24. The van der Waals surface area contributed by atoms with E-state index in [0.717, 1.165) is 25.0 Å². The van der Waals surface area contributed by atoms with Crippen molar-refractivity contribution in [3.05, 3.63) is 58.9 Å². The van der Waals surface area contributed by atoms with Crippen LogP contribution in [-0.2, 0) is 10.0 Å². The quantitative estimate of drug-likeness (QED) is 0.851. The lowest BCUT2D eigenvalue weighted by Crippen LogP contribution is -2.27. The number of rotatable bonds is 5. The molecule has 2 N–H and O–H groups in total. The topological polar surface area (TPSA) is 75.3 Å². The molecule has 1 fully saturated rings. The normalized spacial score (nSPS) is 14.4. The van der Waals surface area contributed by atoms with Crippen LogP contribution in [0.15, 0.2) is 47.4 Å². The first-order valence-electron chi connectivity index (χ1n) is 7.24. The molecule has 1 aliphatic rings. The molecule has 0 atom stereocenters. The number of anilines is 1. The third-order valence-electron chi connectivity index (χ3n) is 3.46. The van der Waals surface area contributed by atoms with Gasteiger partial charge in [0.05, 0.1) is 0 Å². The van der Waals surface area contributed by atoms with E-state index in [1.54, 1.807) is 24.3 Å². The summed E-state index contributed by atoms with van der Waals surface area (Å²) in [7, 11) is -3.99. The maximum absolute atomic E-state index is 13.9. The minimum Gasteiger partial charge on any atom is -0.322 e. The number of benzene rings is 2. The first kappa shape index (κ1) is 16.9. The zero-order valence-corrected chi connectivity index (χ0v) is 14.0. The number of carbonyl (C=O) groups excluding carboxylic acids is 1. The Bertz CT molecular complexity index is 898. The molecule has 0 aliphatic heterocycles. The van der Waals surface area contributed by atoms with Gasteiger partial charge in [-0.1, -0.05) is 17.7 Å². The summed E-state index contributed by atoms with van der Waals surface area (Å²) in [5.74, 6) is -1.46. The van der Waals surface area contributed by atoms with Gasteiger partial charge in [0.1, 0.15) is 10.7 Å². The average molecular weight is 369 g/mol. The minimum absolute atomic E-state index is 0.0348. The number of hydrogen-bond donors (Lipinski definition) is 2. The number of carbonyl (C=O) groups is 1. The van der Waals surface area contributed by atoms with Crippen LogP contribution in [0, 0.1) is 5.82 Å². The molecule has 0 spiro atoms. The van der Waals surface area contributed by atoms with Crippen molar-refractivity contribution in [1.29, 1.82) is 0 Å². The van der Waals surface area contributed by atoms with E-state index in [4.69, 9.17) is 11.6 Å². The highest BCUT2D eigenvalue weighted by atomic mass is 35.5. The van der Waals surface area contributed by atoms with Crippen LogP contribution in [0.3, 0.4) is 0 Å².